The Hall–Kier alpha value is -2.69. The summed E-state index contributed by atoms with van der Waals surface area (Å²) in [6.45, 7) is 7.21. The third kappa shape index (κ3) is 4.73. The number of ether oxygens (including phenoxy) is 3. The predicted octanol–water partition coefficient (Wildman–Crippen LogP) is 4.57. The Bertz CT molecular complexity index is 796. The fourth-order valence-corrected chi connectivity index (χ4v) is 3.13. The number of hydrogen-bond acceptors (Lipinski definition) is 4. The van der Waals surface area contributed by atoms with Gasteiger partial charge in [0, 0.05) is 18.7 Å². The van der Waals surface area contributed by atoms with Gasteiger partial charge >= 0.3 is 6.09 Å². The Labute approximate surface area is 160 Å². The molecule has 5 nitrogen and oxygen atoms in total. The first-order valence-corrected chi connectivity index (χ1v) is 9.21. The molecule has 1 aliphatic rings. The molecule has 1 amide bonds. The lowest BCUT2D eigenvalue weighted by molar-refractivity contribution is 0.0223. The molecule has 0 unspecified atom stereocenters. The second-order valence-corrected chi connectivity index (χ2v) is 7.66. The smallest absolute Gasteiger partial charge is 0.410 e. The summed E-state index contributed by atoms with van der Waals surface area (Å²) in [5.74, 6) is 1.48. The first-order valence-electron chi connectivity index (χ1n) is 9.21. The van der Waals surface area contributed by atoms with Crippen molar-refractivity contribution < 1.29 is 19.0 Å². The van der Waals surface area contributed by atoms with Crippen LogP contribution in [0.4, 0.5) is 4.79 Å². The summed E-state index contributed by atoms with van der Waals surface area (Å²) in [5, 5.41) is 0. The molecule has 0 bridgehead atoms. The summed E-state index contributed by atoms with van der Waals surface area (Å²) in [6, 6.07) is 13.9. The van der Waals surface area contributed by atoms with E-state index in [0.29, 0.717) is 26.1 Å². The molecule has 27 heavy (non-hydrogen) atoms. The fraction of sp³-hybridized carbons (Fsp3) is 0.409. The van der Waals surface area contributed by atoms with Crippen LogP contribution in [-0.4, -0.2) is 30.2 Å². The van der Waals surface area contributed by atoms with Gasteiger partial charge < -0.3 is 19.1 Å². The maximum atomic E-state index is 12.4. The molecule has 3 rings (SSSR count). The second kappa shape index (κ2) is 7.91. The van der Waals surface area contributed by atoms with Gasteiger partial charge in [0.2, 0.25) is 0 Å². The molecule has 0 atom stereocenters. The molecule has 1 aliphatic heterocycles. The standard InChI is InChI=1S/C22H27NO4/c1-22(2,3)27-21(24)23-13-12-18-17(14-23)10-11-19(25-4)20(18)26-15-16-8-6-5-7-9-16/h5-11H,12-15H2,1-4H3. The van der Waals surface area contributed by atoms with E-state index in [9.17, 15) is 4.79 Å². The Morgan fingerprint density at radius 3 is 2.52 bits per heavy atom. The molecule has 0 saturated heterocycles. The maximum Gasteiger partial charge on any atom is 0.410 e. The Kier molecular flexibility index (Phi) is 5.59. The molecule has 0 N–H and O–H groups in total. The van der Waals surface area contributed by atoms with Crippen LogP contribution in [0.1, 0.15) is 37.5 Å². The minimum absolute atomic E-state index is 0.282. The zero-order chi connectivity index (χ0) is 19.4. The number of carbonyl (C=O) groups excluding carboxylic acids is 1. The van der Waals surface area contributed by atoms with Gasteiger partial charge in [0.15, 0.2) is 11.5 Å². The molecule has 2 aromatic carbocycles. The van der Waals surface area contributed by atoms with Crippen molar-refractivity contribution in [3.05, 3.63) is 59.2 Å². The van der Waals surface area contributed by atoms with Gasteiger partial charge in [0.25, 0.3) is 0 Å². The number of carbonyl (C=O) groups is 1. The van der Waals surface area contributed by atoms with E-state index in [2.05, 4.69) is 0 Å². The minimum Gasteiger partial charge on any atom is -0.493 e. The van der Waals surface area contributed by atoms with Crippen molar-refractivity contribution in [3.63, 3.8) is 0 Å². The maximum absolute atomic E-state index is 12.4. The highest BCUT2D eigenvalue weighted by Crippen LogP contribution is 2.37. The van der Waals surface area contributed by atoms with Crippen LogP contribution in [-0.2, 0) is 24.3 Å². The van der Waals surface area contributed by atoms with E-state index in [1.807, 2.05) is 63.2 Å². The van der Waals surface area contributed by atoms with E-state index in [4.69, 9.17) is 14.2 Å². The second-order valence-electron chi connectivity index (χ2n) is 7.66. The molecule has 0 spiro atoms. The van der Waals surface area contributed by atoms with E-state index >= 15 is 0 Å². The van der Waals surface area contributed by atoms with Gasteiger partial charge in [-0.1, -0.05) is 36.4 Å². The quantitative estimate of drug-likeness (QED) is 0.792. The predicted molar refractivity (Wildman–Crippen MR) is 104 cm³/mol. The van der Waals surface area contributed by atoms with Gasteiger partial charge in [0.05, 0.1) is 7.11 Å². The lowest BCUT2D eigenvalue weighted by atomic mass is 9.98. The van der Waals surface area contributed by atoms with Crippen LogP contribution in [0.15, 0.2) is 42.5 Å². The minimum atomic E-state index is -0.499. The lowest BCUT2D eigenvalue weighted by Gasteiger charge is -2.32. The molecular formula is C22H27NO4. The third-order valence-electron chi connectivity index (χ3n) is 4.41. The SMILES string of the molecule is COc1ccc2c(c1OCc1ccccc1)CCN(C(=O)OC(C)(C)C)C2. The van der Waals surface area contributed by atoms with Gasteiger partial charge in [-0.05, 0) is 44.4 Å². The van der Waals surface area contributed by atoms with Crippen LogP contribution in [0, 0.1) is 0 Å². The van der Waals surface area contributed by atoms with Gasteiger partial charge in [0.1, 0.15) is 12.2 Å². The molecular weight excluding hydrogens is 342 g/mol. The molecule has 0 fully saturated rings. The summed E-state index contributed by atoms with van der Waals surface area (Å²) in [7, 11) is 1.65. The van der Waals surface area contributed by atoms with E-state index in [1.54, 1.807) is 12.0 Å². The summed E-state index contributed by atoms with van der Waals surface area (Å²) in [5.41, 5.74) is 2.77. The molecule has 2 aromatic rings. The third-order valence-corrected chi connectivity index (χ3v) is 4.41. The van der Waals surface area contributed by atoms with E-state index in [-0.39, 0.29) is 6.09 Å². The van der Waals surface area contributed by atoms with Gasteiger partial charge in [-0.15, -0.1) is 0 Å². The highest BCUT2D eigenvalue weighted by molar-refractivity contribution is 5.69. The average Bonchev–Trinajstić information content (AvgIpc) is 2.65. The van der Waals surface area contributed by atoms with Crippen LogP contribution >= 0.6 is 0 Å². The van der Waals surface area contributed by atoms with E-state index in [1.165, 1.54) is 0 Å². The molecule has 0 saturated carbocycles. The van der Waals surface area contributed by atoms with Crippen molar-refractivity contribution in [2.75, 3.05) is 13.7 Å². The number of methoxy groups -OCH3 is 1. The van der Waals surface area contributed by atoms with Crippen molar-refractivity contribution in [2.24, 2.45) is 0 Å². The molecule has 1 heterocycles. The molecule has 5 heteroatoms. The molecule has 0 aliphatic carbocycles. The summed E-state index contributed by atoms with van der Waals surface area (Å²) >= 11 is 0. The topological polar surface area (TPSA) is 48.0 Å². The van der Waals surface area contributed by atoms with E-state index < -0.39 is 5.60 Å². The summed E-state index contributed by atoms with van der Waals surface area (Å²) in [4.78, 5) is 14.1. The van der Waals surface area contributed by atoms with Gasteiger partial charge in [-0.3, -0.25) is 0 Å². The highest BCUT2D eigenvalue weighted by atomic mass is 16.6. The van der Waals surface area contributed by atoms with Crippen molar-refractivity contribution in [2.45, 2.75) is 45.9 Å². The summed E-state index contributed by atoms with van der Waals surface area (Å²) < 4.78 is 17.1. The zero-order valence-corrected chi connectivity index (χ0v) is 16.5. The largest absolute Gasteiger partial charge is 0.493 e. The normalized spacial score (nSPS) is 13.7. The highest BCUT2D eigenvalue weighted by Gasteiger charge is 2.28. The number of nitrogens with zero attached hydrogens (tertiary/aromatic N) is 1. The number of amides is 1. The monoisotopic (exact) mass is 369 g/mol. The van der Waals surface area contributed by atoms with Gasteiger partial charge in [-0.2, -0.15) is 0 Å². The lowest BCUT2D eigenvalue weighted by Crippen LogP contribution is -2.40. The van der Waals surface area contributed by atoms with Crippen LogP contribution < -0.4 is 9.47 Å². The van der Waals surface area contributed by atoms with Crippen molar-refractivity contribution in [1.82, 2.24) is 4.90 Å². The number of rotatable bonds is 4. The van der Waals surface area contributed by atoms with Crippen LogP contribution in [0.5, 0.6) is 11.5 Å². The first kappa shape index (κ1) is 19.1. The average molecular weight is 369 g/mol. The molecule has 144 valence electrons. The number of fused-ring (bicyclic) bond motifs is 1. The zero-order valence-electron chi connectivity index (χ0n) is 16.5. The van der Waals surface area contributed by atoms with Crippen LogP contribution in [0.25, 0.3) is 0 Å². The van der Waals surface area contributed by atoms with Crippen molar-refractivity contribution in [1.29, 1.82) is 0 Å². The Morgan fingerprint density at radius 2 is 1.85 bits per heavy atom. The van der Waals surface area contributed by atoms with Crippen molar-refractivity contribution in [3.8, 4) is 11.5 Å². The Balaban J connectivity index is 1.79. The summed E-state index contributed by atoms with van der Waals surface area (Å²) in [6.07, 6.45) is 0.423. The molecule has 0 radical (unpaired) electrons. The first-order chi connectivity index (χ1) is 12.9. The number of benzene rings is 2. The van der Waals surface area contributed by atoms with E-state index in [0.717, 1.165) is 28.2 Å². The Morgan fingerprint density at radius 1 is 1.11 bits per heavy atom. The number of hydrogen-bond donors (Lipinski definition) is 0. The van der Waals surface area contributed by atoms with Crippen molar-refractivity contribution >= 4 is 6.09 Å². The molecule has 0 aromatic heterocycles. The van der Waals surface area contributed by atoms with Crippen LogP contribution in [0.3, 0.4) is 0 Å². The van der Waals surface area contributed by atoms with Crippen LogP contribution in [0.2, 0.25) is 0 Å². The fourth-order valence-electron chi connectivity index (χ4n) is 3.13. The van der Waals surface area contributed by atoms with Gasteiger partial charge in [-0.25, -0.2) is 4.79 Å².